The maximum Gasteiger partial charge on any atom is 0.263 e. The summed E-state index contributed by atoms with van der Waals surface area (Å²) in [6.45, 7) is 7.70. The Kier molecular flexibility index (Phi) is 5.32. The molecule has 0 aliphatic heterocycles. The highest BCUT2D eigenvalue weighted by Crippen LogP contribution is 2.27. The van der Waals surface area contributed by atoms with E-state index in [4.69, 9.17) is 4.74 Å². The summed E-state index contributed by atoms with van der Waals surface area (Å²) in [6, 6.07) is 12.3. The van der Waals surface area contributed by atoms with Crippen molar-refractivity contribution < 1.29 is 13.2 Å². The molecule has 1 atom stereocenters. The molecule has 0 saturated carbocycles. The van der Waals surface area contributed by atoms with Crippen molar-refractivity contribution in [3.63, 3.8) is 0 Å². The highest BCUT2D eigenvalue weighted by Gasteiger charge is 2.21. The molecule has 27 heavy (non-hydrogen) atoms. The lowest BCUT2D eigenvalue weighted by atomic mass is 10.1. The third kappa shape index (κ3) is 4.19. The van der Waals surface area contributed by atoms with Crippen molar-refractivity contribution in [2.24, 2.45) is 0 Å². The number of aryl methyl sites for hydroxylation is 2. The van der Waals surface area contributed by atoms with Gasteiger partial charge >= 0.3 is 0 Å². The van der Waals surface area contributed by atoms with E-state index in [1.54, 1.807) is 24.3 Å². The van der Waals surface area contributed by atoms with Crippen molar-refractivity contribution >= 4 is 26.9 Å². The van der Waals surface area contributed by atoms with Crippen LogP contribution in [-0.4, -0.2) is 24.5 Å². The van der Waals surface area contributed by atoms with E-state index in [-0.39, 0.29) is 22.7 Å². The first-order valence-electron chi connectivity index (χ1n) is 8.83. The smallest absolute Gasteiger partial charge is 0.263 e. The summed E-state index contributed by atoms with van der Waals surface area (Å²) >= 11 is 0. The van der Waals surface area contributed by atoms with Gasteiger partial charge in [0.25, 0.3) is 15.9 Å². The van der Waals surface area contributed by atoms with Crippen molar-refractivity contribution in [1.82, 2.24) is 9.97 Å². The molecule has 1 N–H and O–H groups in total. The Morgan fingerprint density at radius 3 is 2.33 bits per heavy atom. The first-order valence-corrected chi connectivity index (χ1v) is 10.3. The number of hydrogen-bond donors (Lipinski definition) is 1. The van der Waals surface area contributed by atoms with Gasteiger partial charge in [-0.15, -0.1) is 0 Å². The van der Waals surface area contributed by atoms with Crippen molar-refractivity contribution in [3.8, 4) is 5.88 Å². The Morgan fingerprint density at radius 1 is 1.04 bits per heavy atom. The quantitative estimate of drug-likeness (QED) is 0.687. The first kappa shape index (κ1) is 19.1. The van der Waals surface area contributed by atoms with Crippen molar-refractivity contribution in [1.29, 1.82) is 0 Å². The molecule has 3 rings (SSSR count). The van der Waals surface area contributed by atoms with Crippen LogP contribution >= 0.6 is 0 Å². The Labute approximate surface area is 159 Å². The van der Waals surface area contributed by atoms with E-state index in [0.29, 0.717) is 11.0 Å². The molecule has 0 radical (unpaired) electrons. The van der Waals surface area contributed by atoms with Gasteiger partial charge in [0.1, 0.15) is 0 Å². The number of ether oxygens (including phenoxy) is 1. The van der Waals surface area contributed by atoms with E-state index in [9.17, 15) is 8.42 Å². The molecule has 0 fully saturated rings. The van der Waals surface area contributed by atoms with Gasteiger partial charge in [0.15, 0.2) is 0 Å². The standard InChI is InChI=1S/C20H23N3O3S/c1-5-15(4)26-20-19(21-17-8-6-7-9-18(17)22-20)23-27(24,25)16-11-10-13(2)14(3)12-16/h6-12,15H,5H2,1-4H3,(H,21,23). The van der Waals surface area contributed by atoms with E-state index in [1.807, 2.05) is 45.9 Å². The highest BCUT2D eigenvalue weighted by atomic mass is 32.2. The number of anilines is 1. The predicted molar refractivity (Wildman–Crippen MR) is 107 cm³/mol. The Morgan fingerprint density at radius 2 is 1.70 bits per heavy atom. The maximum atomic E-state index is 12.9. The maximum absolute atomic E-state index is 12.9. The minimum absolute atomic E-state index is 0.0900. The number of nitrogens with zero attached hydrogens (tertiary/aromatic N) is 2. The third-order valence-corrected chi connectivity index (χ3v) is 5.78. The zero-order valence-corrected chi connectivity index (χ0v) is 16.7. The topological polar surface area (TPSA) is 81.2 Å². The number of rotatable bonds is 6. The summed E-state index contributed by atoms with van der Waals surface area (Å²) in [5.41, 5.74) is 3.16. The van der Waals surface area contributed by atoms with Gasteiger partial charge in [-0.3, -0.25) is 4.72 Å². The second-order valence-corrected chi connectivity index (χ2v) is 8.24. The number of nitrogens with one attached hydrogen (secondary N) is 1. The fourth-order valence-electron chi connectivity index (χ4n) is 2.47. The molecule has 0 aliphatic rings. The van der Waals surface area contributed by atoms with Gasteiger partial charge in [-0.2, -0.15) is 0 Å². The van der Waals surface area contributed by atoms with Crippen molar-refractivity contribution in [3.05, 3.63) is 53.6 Å². The molecule has 0 bridgehead atoms. The molecule has 0 spiro atoms. The minimum Gasteiger partial charge on any atom is -0.472 e. The summed E-state index contributed by atoms with van der Waals surface area (Å²) in [5.74, 6) is 0.266. The fraction of sp³-hybridized carbons (Fsp3) is 0.300. The Hall–Kier alpha value is -2.67. The molecule has 1 heterocycles. The van der Waals surface area contributed by atoms with E-state index in [2.05, 4.69) is 14.7 Å². The summed E-state index contributed by atoms with van der Waals surface area (Å²) in [6.07, 6.45) is 0.642. The molecule has 1 aromatic heterocycles. The van der Waals surface area contributed by atoms with E-state index in [1.165, 1.54) is 0 Å². The van der Waals surface area contributed by atoms with E-state index < -0.39 is 10.0 Å². The van der Waals surface area contributed by atoms with Crippen LogP contribution in [0.3, 0.4) is 0 Å². The van der Waals surface area contributed by atoms with Crippen molar-refractivity contribution in [2.75, 3.05) is 4.72 Å². The molecule has 7 heteroatoms. The second-order valence-electron chi connectivity index (χ2n) is 6.55. The van der Waals surface area contributed by atoms with E-state index in [0.717, 1.165) is 17.5 Å². The molecule has 0 amide bonds. The molecular formula is C20H23N3O3S. The van der Waals surface area contributed by atoms with Crippen LogP contribution in [-0.2, 0) is 10.0 Å². The zero-order chi connectivity index (χ0) is 19.6. The van der Waals surface area contributed by atoms with Crippen LogP contribution in [0.15, 0.2) is 47.4 Å². The van der Waals surface area contributed by atoms with Crippen LogP contribution in [0.1, 0.15) is 31.4 Å². The number of hydrogen-bond acceptors (Lipinski definition) is 5. The average Bonchev–Trinajstić information content (AvgIpc) is 2.64. The first-order chi connectivity index (χ1) is 12.8. The SMILES string of the molecule is CCC(C)Oc1nc2ccccc2nc1NS(=O)(=O)c1ccc(C)c(C)c1. The number of benzene rings is 2. The number of fused-ring (bicyclic) bond motifs is 1. The van der Waals surface area contributed by atoms with Gasteiger partial charge < -0.3 is 4.74 Å². The lowest BCUT2D eigenvalue weighted by molar-refractivity contribution is 0.210. The van der Waals surface area contributed by atoms with Gasteiger partial charge in [-0.05, 0) is 62.6 Å². The largest absolute Gasteiger partial charge is 0.472 e. The Balaban J connectivity index is 2.05. The van der Waals surface area contributed by atoms with Gasteiger partial charge in [-0.1, -0.05) is 25.1 Å². The van der Waals surface area contributed by atoms with E-state index >= 15 is 0 Å². The molecule has 0 saturated heterocycles. The molecular weight excluding hydrogens is 362 g/mol. The summed E-state index contributed by atoms with van der Waals surface area (Å²) < 4.78 is 34.1. The van der Waals surface area contributed by atoms with Crippen LogP contribution in [0, 0.1) is 13.8 Å². The van der Waals surface area contributed by atoms with Crippen LogP contribution in [0.5, 0.6) is 5.88 Å². The number of aromatic nitrogens is 2. The third-order valence-electron chi connectivity index (χ3n) is 4.45. The van der Waals surface area contributed by atoms with Crippen LogP contribution in [0.4, 0.5) is 5.82 Å². The summed E-state index contributed by atoms with van der Waals surface area (Å²) in [7, 11) is -3.82. The number of sulfonamides is 1. The number of para-hydroxylation sites is 2. The van der Waals surface area contributed by atoms with Gasteiger partial charge in [0.2, 0.25) is 5.82 Å². The zero-order valence-electron chi connectivity index (χ0n) is 15.9. The van der Waals surface area contributed by atoms with Crippen LogP contribution in [0.2, 0.25) is 0 Å². The average molecular weight is 385 g/mol. The molecule has 3 aromatic rings. The monoisotopic (exact) mass is 385 g/mol. The van der Waals surface area contributed by atoms with Gasteiger partial charge in [-0.25, -0.2) is 18.4 Å². The summed E-state index contributed by atoms with van der Waals surface area (Å²) in [5, 5.41) is 0. The normalized spacial score (nSPS) is 12.7. The minimum atomic E-state index is -3.82. The predicted octanol–water partition coefficient (Wildman–Crippen LogP) is 4.22. The molecule has 142 valence electrons. The molecule has 1 unspecified atom stereocenters. The van der Waals surface area contributed by atoms with Crippen LogP contribution in [0.25, 0.3) is 11.0 Å². The molecule has 0 aliphatic carbocycles. The second kappa shape index (κ2) is 7.52. The molecule has 6 nitrogen and oxygen atoms in total. The summed E-state index contributed by atoms with van der Waals surface area (Å²) in [4.78, 5) is 9.07. The van der Waals surface area contributed by atoms with Gasteiger partial charge in [0.05, 0.1) is 22.0 Å². The Bertz CT molecular complexity index is 1080. The fourth-order valence-corrected chi connectivity index (χ4v) is 3.56. The highest BCUT2D eigenvalue weighted by molar-refractivity contribution is 7.92. The molecule has 2 aromatic carbocycles. The van der Waals surface area contributed by atoms with Crippen LogP contribution < -0.4 is 9.46 Å². The lowest BCUT2D eigenvalue weighted by Crippen LogP contribution is -2.18. The van der Waals surface area contributed by atoms with Gasteiger partial charge in [0, 0.05) is 0 Å². The lowest BCUT2D eigenvalue weighted by Gasteiger charge is -2.16. The van der Waals surface area contributed by atoms with Crippen molar-refractivity contribution in [2.45, 2.75) is 45.1 Å².